The van der Waals surface area contributed by atoms with Gasteiger partial charge in [0, 0.05) is 24.6 Å². The van der Waals surface area contributed by atoms with Crippen molar-refractivity contribution in [1.29, 1.82) is 0 Å². The fraction of sp³-hybridized carbons (Fsp3) is 0.462. The summed E-state index contributed by atoms with van der Waals surface area (Å²) in [5, 5.41) is 7.07. The van der Waals surface area contributed by atoms with Crippen LogP contribution < -0.4 is 0 Å². The molecule has 0 bridgehead atoms. The largest absolute Gasteiger partial charge is 0.379 e. The zero-order valence-corrected chi connectivity index (χ0v) is 12.0. The van der Waals surface area contributed by atoms with Gasteiger partial charge < -0.3 is 4.74 Å². The van der Waals surface area contributed by atoms with E-state index in [0.29, 0.717) is 23.8 Å². The standard InChI is InChI=1S/C13H18N4OS/c1-10(2)9-18-7-6-17-12(15-16-13(17)19)11-4-3-5-14-8-11/h3-5,8,10H,6-7,9H2,1-2H3,(H,16,19). The molecule has 0 saturated carbocycles. The van der Waals surface area contributed by atoms with E-state index in [9.17, 15) is 0 Å². The molecule has 0 amide bonds. The molecule has 0 spiro atoms. The van der Waals surface area contributed by atoms with Gasteiger partial charge in [0.2, 0.25) is 0 Å². The first-order valence-corrected chi connectivity index (χ1v) is 6.72. The highest BCUT2D eigenvalue weighted by Crippen LogP contribution is 2.15. The molecule has 0 aliphatic heterocycles. The zero-order chi connectivity index (χ0) is 13.7. The zero-order valence-electron chi connectivity index (χ0n) is 11.2. The predicted octanol–water partition coefficient (Wildman–Crippen LogP) is 2.68. The lowest BCUT2D eigenvalue weighted by Crippen LogP contribution is -2.10. The van der Waals surface area contributed by atoms with Crippen LogP contribution in [0.4, 0.5) is 0 Å². The molecule has 5 nitrogen and oxygen atoms in total. The first-order valence-electron chi connectivity index (χ1n) is 6.32. The smallest absolute Gasteiger partial charge is 0.195 e. The summed E-state index contributed by atoms with van der Waals surface area (Å²) < 4.78 is 8.13. The minimum atomic E-state index is 0.537. The Balaban J connectivity index is 2.08. The Bertz CT molecular complexity index is 562. The van der Waals surface area contributed by atoms with Crippen molar-refractivity contribution in [2.45, 2.75) is 20.4 Å². The summed E-state index contributed by atoms with van der Waals surface area (Å²) in [6.07, 6.45) is 3.51. The summed E-state index contributed by atoms with van der Waals surface area (Å²) in [6, 6.07) is 3.84. The molecule has 0 saturated heterocycles. The van der Waals surface area contributed by atoms with Gasteiger partial charge in [0.05, 0.1) is 13.2 Å². The Labute approximate surface area is 117 Å². The summed E-state index contributed by atoms with van der Waals surface area (Å²) >= 11 is 5.24. The Morgan fingerprint density at radius 3 is 3.00 bits per heavy atom. The van der Waals surface area contributed by atoms with E-state index < -0.39 is 0 Å². The molecule has 0 radical (unpaired) electrons. The Morgan fingerprint density at radius 1 is 1.47 bits per heavy atom. The van der Waals surface area contributed by atoms with Crippen LogP contribution in [0.25, 0.3) is 11.4 Å². The van der Waals surface area contributed by atoms with E-state index in [0.717, 1.165) is 18.0 Å². The van der Waals surface area contributed by atoms with Gasteiger partial charge in [-0.15, -0.1) is 0 Å². The molecule has 0 aliphatic carbocycles. The average molecular weight is 278 g/mol. The molecule has 2 heterocycles. The van der Waals surface area contributed by atoms with Gasteiger partial charge in [-0.05, 0) is 30.3 Å². The van der Waals surface area contributed by atoms with Crippen LogP contribution in [0.5, 0.6) is 0 Å². The molecule has 6 heteroatoms. The van der Waals surface area contributed by atoms with Crippen molar-refractivity contribution >= 4 is 12.2 Å². The molecular weight excluding hydrogens is 260 g/mol. The molecule has 0 unspecified atom stereocenters. The molecule has 0 atom stereocenters. The molecule has 19 heavy (non-hydrogen) atoms. The van der Waals surface area contributed by atoms with E-state index in [1.54, 1.807) is 12.4 Å². The van der Waals surface area contributed by atoms with Crippen LogP contribution in [0.2, 0.25) is 0 Å². The lowest BCUT2D eigenvalue weighted by molar-refractivity contribution is 0.103. The number of pyridine rings is 1. The normalized spacial score (nSPS) is 11.1. The van der Waals surface area contributed by atoms with Gasteiger partial charge >= 0.3 is 0 Å². The number of rotatable bonds is 6. The fourth-order valence-electron chi connectivity index (χ4n) is 1.72. The monoisotopic (exact) mass is 278 g/mol. The lowest BCUT2D eigenvalue weighted by atomic mass is 10.2. The maximum atomic E-state index is 5.59. The molecule has 0 aliphatic rings. The Kier molecular flexibility index (Phi) is 4.81. The Morgan fingerprint density at radius 2 is 2.32 bits per heavy atom. The van der Waals surface area contributed by atoms with Gasteiger partial charge in [-0.3, -0.25) is 14.6 Å². The topological polar surface area (TPSA) is 55.7 Å². The number of aromatic nitrogens is 4. The molecular formula is C13H18N4OS. The van der Waals surface area contributed by atoms with Crippen molar-refractivity contribution in [2.24, 2.45) is 5.92 Å². The van der Waals surface area contributed by atoms with Crippen LogP contribution in [-0.4, -0.2) is 33.0 Å². The quantitative estimate of drug-likeness (QED) is 0.652. The third kappa shape index (κ3) is 3.71. The summed E-state index contributed by atoms with van der Waals surface area (Å²) in [5.41, 5.74) is 0.943. The van der Waals surface area contributed by atoms with E-state index in [1.807, 2.05) is 16.7 Å². The van der Waals surface area contributed by atoms with Crippen LogP contribution in [0.1, 0.15) is 13.8 Å². The van der Waals surface area contributed by atoms with E-state index in [2.05, 4.69) is 29.0 Å². The minimum absolute atomic E-state index is 0.537. The third-order valence-electron chi connectivity index (χ3n) is 2.59. The number of nitrogens with zero attached hydrogens (tertiary/aromatic N) is 3. The second-order valence-electron chi connectivity index (χ2n) is 4.71. The molecule has 2 aromatic heterocycles. The van der Waals surface area contributed by atoms with Crippen LogP contribution in [0, 0.1) is 10.7 Å². The van der Waals surface area contributed by atoms with E-state index >= 15 is 0 Å². The van der Waals surface area contributed by atoms with Crippen molar-refractivity contribution in [2.75, 3.05) is 13.2 Å². The van der Waals surface area contributed by atoms with Crippen LogP contribution in [0.15, 0.2) is 24.5 Å². The van der Waals surface area contributed by atoms with E-state index in [4.69, 9.17) is 17.0 Å². The van der Waals surface area contributed by atoms with Gasteiger partial charge in [0.15, 0.2) is 10.6 Å². The number of nitrogens with one attached hydrogen (secondary N) is 1. The van der Waals surface area contributed by atoms with Crippen molar-refractivity contribution in [1.82, 2.24) is 19.7 Å². The highest BCUT2D eigenvalue weighted by molar-refractivity contribution is 7.71. The SMILES string of the molecule is CC(C)COCCn1c(-c2cccnc2)n[nH]c1=S. The number of H-pyrrole nitrogens is 1. The van der Waals surface area contributed by atoms with Crippen molar-refractivity contribution in [3.05, 3.63) is 29.3 Å². The maximum absolute atomic E-state index is 5.59. The Hall–Kier alpha value is -1.53. The van der Waals surface area contributed by atoms with Gasteiger partial charge in [-0.2, -0.15) is 5.10 Å². The van der Waals surface area contributed by atoms with Crippen LogP contribution >= 0.6 is 12.2 Å². The lowest BCUT2D eigenvalue weighted by Gasteiger charge is -2.09. The fourth-order valence-corrected chi connectivity index (χ4v) is 1.94. The van der Waals surface area contributed by atoms with Gasteiger partial charge in [-0.25, -0.2) is 0 Å². The summed E-state index contributed by atoms with van der Waals surface area (Å²) in [5.74, 6) is 1.33. The molecule has 0 fully saturated rings. The first-order chi connectivity index (χ1) is 9.18. The third-order valence-corrected chi connectivity index (χ3v) is 2.90. The van der Waals surface area contributed by atoms with E-state index in [-0.39, 0.29) is 0 Å². The van der Waals surface area contributed by atoms with Crippen LogP contribution in [0.3, 0.4) is 0 Å². The average Bonchev–Trinajstić information content (AvgIpc) is 2.77. The minimum Gasteiger partial charge on any atom is -0.379 e. The first kappa shape index (κ1) is 13.9. The van der Waals surface area contributed by atoms with Gasteiger partial charge in [0.25, 0.3) is 0 Å². The van der Waals surface area contributed by atoms with Crippen molar-refractivity contribution in [3.8, 4) is 11.4 Å². The molecule has 102 valence electrons. The second-order valence-corrected chi connectivity index (χ2v) is 5.10. The van der Waals surface area contributed by atoms with Gasteiger partial charge in [0.1, 0.15) is 0 Å². The highest BCUT2D eigenvalue weighted by Gasteiger charge is 2.08. The summed E-state index contributed by atoms with van der Waals surface area (Å²) in [7, 11) is 0. The molecule has 2 aromatic rings. The van der Waals surface area contributed by atoms with Crippen LogP contribution in [-0.2, 0) is 11.3 Å². The molecule has 1 N–H and O–H groups in total. The number of hydrogen-bond acceptors (Lipinski definition) is 4. The van der Waals surface area contributed by atoms with Gasteiger partial charge in [-0.1, -0.05) is 13.8 Å². The maximum Gasteiger partial charge on any atom is 0.195 e. The van der Waals surface area contributed by atoms with Crippen molar-refractivity contribution in [3.63, 3.8) is 0 Å². The number of ether oxygens (including phenoxy) is 1. The summed E-state index contributed by atoms with van der Waals surface area (Å²) in [4.78, 5) is 4.10. The van der Waals surface area contributed by atoms with Crippen molar-refractivity contribution < 1.29 is 4.74 Å². The number of hydrogen-bond donors (Lipinski definition) is 1. The predicted molar refractivity (Wildman–Crippen MR) is 76.3 cm³/mol. The molecule has 2 rings (SSSR count). The second kappa shape index (κ2) is 6.58. The summed E-state index contributed by atoms with van der Waals surface area (Å²) in [6.45, 7) is 6.33. The van der Waals surface area contributed by atoms with E-state index in [1.165, 1.54) is 0 Å². The number of aromatic amines is 1. The highest BCUT2D eigenvalue weighted by atomic mass is 32.1. The molecule has 0 aromatic carbocycles.